The largest absolute Gasteiger partial charge is 0.319 e. The molecule has 0 aliphatic heterocycles. The lowest BCUT2D eigenvalue weighted by Crippen LogP contribution is -2.25. The van der Waals surface area contributed by atoms with Crippen LogP contribution in [0.2, 0.25) is 0 Å². The minimum absolute atomic E-state index is 0.141. The molecule has 2 aromatic heterocycles. The van der Waals surface area contributed by atoms with Gasteiger partial charge in [0.05, 0.1) is 17.2 Å². The van der Waals surface area contributed by atoms with Gasteiger partial charge in [0.1, 0.15) is 6.54 Å². The van der Waals surface area contributed by atoms with Crippen molar-refractivity contribution in [3.8, 4) is 0 Å². The van der Waals surface area contributed by atoms with Crippen molar-refractivity contribution in [1.82, 2.24) is 14.1 Å². The summed E-state index contributed by atoms with van der Waals surface area (Å²) < 4.78 is 3.24. The number of benzene rings is 2. The highest BCUT2D eigenvalue weighted by Gasteiger charge is 2.09. The van der Waals surface area contributed by atoms with Gasteiger partial charge in [-0.05, 0) is 31.0 Å². The maximum absolute atomic E-state index is 12.7. The average Bonchev–Trinajstić information content (AvgIpc) is 3.13. The van der Waals surface area contributed by atoms with Crippen molar-refractivity contribution in [1.29, 1.82) is 0 Å². The third-order valence-electron chi connectivity index (χ3n) is 4.71. The molecule has 29 heavy (non-hydrogen) atoms. The molecule has 0 N–H and O–H groups in total. The second-order valence-electron chi connectivity index (χ2n) is 6.95. The van der Waals surface area contributed by atoms with Crippen molar-refractivity contribution in [2.75, 3.05) is 0 Å². The number of aromatic nitrogens is 3. The topological polar surface area (TPSA) is 69.2 Å². The number of hydrogen-bond donors (Lipinski definition) is 0. The summed E-state index contributed by atoms with van der Waals surface area (Å²) in [6.45, 7) is 4.44. The number of aryl methyl sites for hydroxylation is 2. The van der Waals surface area contributed by atoms with E-state index in [1.54, 1.807) is 6.07 Å². The van der Waals surface area contributed by atoms with Crippen molar-refractivity contribution < 1.29 is 4.79 Å². The van der Waals surface area contributed by atoms with Gasteiger partial charge in [-0.2, -0.15) is 4.99 Å². The minimum Gasteiger partial charge on any atom is -0.319 e. The Balaban J connectivity index is 1.59. The summed E-state index contributed by atoms with van der Waals surface area (Å²) in [5.41, 5.74) is 3.69. The molecule has 0 aliphatic rings. The first-order valence-electron chi connectivity index (χ1n) is 9.23. The summed E-state index contributed by atoms with van der Waals surface area (Å²) in [5.74, 6) is -0.388. The van der Waals surface area contributed by atoms with Crippen LogP contribution in [-0.2, 0) is 17.9 Å². The van der Waals surface area contributed by atoms with Crippen molar-refractivity contribution in [3.63, 3.8) is 0 Å². The fourth-order valence-corrected chi connectivity index (χ4v) is 3.88. The van der Waals surface area contributed by atoms with Crippen LogP contribution in [0.1, 0.15) is 16.7 Å². The number of thiazole rings is 1. The van der Waals surface area contributed by atoms with E-state index in [0.717, 1.165) is 11.1 Å². The smallest absolute Gasteiger partial charge is 0.268 e. The Hall–Kier alpha value is -3.32. The van der Waals surface area contributed by atoms with E-state index in [1.807, 2.05) is 42.1 Å². The van der Waals surface area contributed by atoms with Gasteiger partial charge in [-0.25, -0.2) is 4.98 Å². The van der Waals surface area contributed by atoms with Crippen LogP contribution in [0.25, 0.3) is 10.9 Å². The Morgan fingerprint density at radius 3 is 2.69 bits per heavy atom. The molecule has 0 atom stereocenters. The predicted octanol–water partition coefficient (Wildman–Crippen LogP) is 3.05. The van der Waals surface area contributed by atoms with Crippen LogP contribution >= 0.6 is 11.3 Å². The molecule has 0 fully saturated rings. The van der Waals surface area contributed by atoms with Crippen LogP contribution in [-0.4, -0.2) is 20.0 Å². The van der Waals surface area contributed by atoms with Crippen LogP contribution in [0, 0.1) is 13.8 Å². The predicted molar refractivity (Wildman–Crippen MR) is 114 cm³/mol. The van der Waals surface area contributed by atoms with E-state index in [2.05, 4.69) is 34.2 Å². The van der Waals surface area contributed by atoms with Gasteiger partial charge in [-0.3, -0.25) is 14.2 Å². The van der Waals surface area contributed by atoms with E-state index < -0.39 is 0 Å². The first-order chi connectivity index (χ1) is 14.0. The van der Waals surface area contributed by atoms with Gasteiger partial charge in [0.15, 0.2) is 4.80 Å². The first-order valence-corrected chi connectivity index (χ1v) is 10.1. The van der Waals surface area contributed by atoms with Crippen LogP contribution in [0.5, 0.6) is 0 Å². The van der Waals surface area contributed by atoms with Gasteiger partial charge in [0, 0.05) is 18.1 Å². The lowest BCUT2D eigenvalue weighted by molar-refractivity contribution is -0.118. The SMILES string of the molecule is Cc1ccc(Cn2ccsc2=NC(=O)Cn2cnc3c(C)cccc3c2=O)cc1. The van der Waals surface area contributed by atoms with Crippen LogP contribution in [0.3, 0.4) is 0 Å². The highest BCUT2D eigenvalue weighted by Crippen LogP contribution is 2.11. The third-order valence-corrected chi connectivity index (χ3v) is 5.51. The Morgan fingerprint density at radius 2 is 1.90 bits per heavy atom. The van der Waals surface area contributed by atoms with E-state index >= 15 is 0 Å². The lowest BCUT2D eigenvalue weighted by Gasteiger charge is -2.06. The minimum atomic E-state index is -0.388. The second kappa shape index (κ2) is 7.97. The fourth-order valence-electron chi connectivity index (χ4n) is 3.14. The Labute approximate surface area is 171 Å². The molecular formula is C22H20N4O2S. The number of carbonyl (C=O) groups is 1. The van der Waals surface area contributed by atoms with Crippen molar-refractivity contribution in [2.24, 2.45) is 4.99 Å². The summed E-state index contributed by atoms with van der Waals surface area (Å²) in [6.07, 6.45) is 3.32. The van der Waals surface area contributed by atoms with E-state index in [9.17, 15) is 9.59 Å². The van der Waals surface area contributed by atoms with Gasteiger partial charge < -0.3 is 4.57 Å². The molecule has 2 aromatic carbocycles. The highest BCUT2D eigenvalue weighted by atomic mass is 32.1. The van der Waals surface area contributed by atoms with E-state index in [0.29, 0.717) is 22.2 Å². The van der Waals surface area contributed by atoms with E-state index in [4.69, 9.17) is 0 Å². The summed E-state index contributed by atoms with van der Waals surface area (Å²) >= 11 is 1.39. The van der Waals surface area contributed by atoms with Crippen LogP contribution in [0.15, 0.2) is 70.2 Å². The molecule has 0 bridgehead atoms. The normalized spacial score (nSPS) is 11.9. The number of rotatable bonds is 4. The van der Waals surface area contributed by atoms with Crippen LogP contribution < -0.4 is 10.4 Å². The molecule has 0 aliphatic carbocycles. The highest BCUT2D eigenvalue weighted by molar-refractivity contribution is 7.07. The number of carbonyl (C=O) groups excluding carboxylic acids is 1. The summed E-state index contributed by atoms with van der Waals surface area (Å²) in [5, 5.41) is 2.40. The summed E-state index contributed by atoms with van der Waals surface area (Å²) in [6, 6.07) is 13.7. The van der Waals surface area contributed by atoms with Gasteiger partial charge >= 0.3 is 0 Å². The number of para-hydroxylation sites is 1. The maximum Gasteiger partial charge on any atom is 0.268 e. The lowest BCUT2D eigenvalue weighted by atomic mass is 10.1. The standard InChI is InChI=1S/C22H20N4O2S/c1-15-6-8-17(9-7-15)12-25-10-11-29-22(25)24-19(27)13-26-14-23-20-16(2)4-3-5-18(20)21(26)28/h3-11,14H,12-13H2,1-2H3. The molecule has 0 saturated carbocycles. The average molecular weight is 404 g/mol. The molecule has 2 heterocycles. The zero-order valence-electron chi connectivity index (χ0n) is 16.2. The molecule has 1 amide bonds. The third kappa shape index (κ3) is 4.09. The molecule has 0 spiro atoms. The molecule has 4 aromatic rings. The molecule has 0 saturated heterocycles. The number of fused-ring (bicyclic) bond motifs is 1. The van der Waals surface area contributed by atoms with Crippen molar-refractivity contribution >= 4 is 28.1 Å². The number of amides is 1. The Bertz CT molecular complexity index is 1310. The first kappa shape index (κ1) is 19.0. The van der Waals surface area contributed by atoms with E-state index in [-0.39, 0.29) is 18.0 Å². The van der Waals surface area contributed by atoms with Gasteiger partial charge in [0.2, 0.25) is 0 Å². The van der Waals surface area contributed by atoms with Gasteiger partial charge in [-0.15, -0.1) is 11.3 Å². The van der Waals surface area contributed by atoms with E-state index in [1.165, 1.54) is 27.8 Å². The summed E-state index contributed by atoms with van der Waals surface area (Å²) in [7, 11) is 0. The zero-order chi connectivity index (χ0) is 20.4. The monoisotopic (exact) mass is 404 g/mol. The van der Waals surface area contributed by atoms with Gasteiger partial charge in [0.25, 0.3) is 11.5 Å². The van der Waals surface area contributed by atoms with Crippen molar-refractivity contribution in [3.05, 3.63) is 92.2 Å². The zero-order valence-corrected chi connectivity index (χ0v) is 17.0. The van der Waals surface area contributed by atoms with Gasteiger partial charge in [-0.1, -0.05) is 42.0 Å². The van der Waals surface area contributed by atoms with Crippen molar-refractivity contribution in [2.45, 2.75) is 26.9 Å². The molecular weight excluding hydrogens is 384 g/mol. The molecule has 4 rings (SSSR count). The number of hydrogen-bond acceptors (Lipinski definition) is 4. The Morgan fingerprint density at radius 1 is 1.10 bits per heavy atom. The van der Waals surface area contributed by atoms with Crippen LogP contribution in [0.4, 0.5) is 0 Å². The second-order valence-corrected chi connectivity index (χ2v) is 7.83. The number of nitrogens with zero attached hydrogens (tertiary/aromatic N) is 4. The molecule has 146 valence electrons. The molecule has 6 nitrogen and oxygen atoms in total. The maximum atomic E-state index is 12.7. The summed E-state index contributed by atoms with van der Waals surface area (Å²) in [4.78, 5) is 34.4. The molecule has 0 unspecified atom stereocenters. The fraction of sp³-hybridized carbons (Fsp3) is 0.182. The molecule has 7 heteroatoms. The Kier molecular flexibility index (Phi) is 5.22. The molecule has 0 radical (unpaired) electrons. The quantitative estimate of drug-likeness (QED) is 0.525.